The molecule has 1 N–H and O–H groups in total. The highest BCUT2D eigenvalue weighted by Crippen LogP contribution is 2.42. The van der Waals surface area contributed by atoms with Crippen LogP contribution in [0.3, 0.4) is 0 Å². The van der Waals surface area contributed by atoms with Gasteiger partial charge in [0.2, 0.25) is 0 Å². The highest BCUT2D eigenvalue weighted by atomic mass is 15.0. The van der Waals surface area contributed by atoms with E-state index in [1.54, 1.807) is 0 Å². The van der Waals surface area contributed by atoms with Gasteiger partial charge in [-0.3, -0.25) is 0 Å². The number of hydrogen-bond donors (Lipinski definition) is 1. The summed E-state index contributed by atoms with van der Waals surface area (Å²) in [6.07, 6.45) is 3.28. The van der Waals surface area contributed by atoms with Crippen molar-refractivity contribution in [1.82, 2.24) is 5.32 Å². The Balaban J connectivity index is 2.42. The molecule has 0 aromatic rings. The third kappa shape index (κ3) is 0.671. The molecule has 0 aromatic heterocycles. The van der Waals surface area contributed by atoms with Crippen molar-refractivity contribution in [1.29, 1.82) is 0 Å². The zero-order valence-electron chi connectivity index (χ0n) is 5.57. The van der Waals surface area contributed by atoms with Crippen molar-refractivity contribution >= 4 is 0 Å². The summed E-state index contributed by atoms with van der Waals surface area (Å²) in [5.41, 5.74) is 0.391. The van der Waals surface area contributed by atoms with E-state index in [0.717, 1.165) is 0 Å². The van der Waals surface area contributed by atoms with E-state index in [9.17, 15) is 0 Å². The number of rotatable bonds is 2. The summed E-state index contributed by atoms with van der Waals surface area (Å²) in [4.78, 5) is 0. The van der Waals surface area contributed by atoms with E-state index in [2.05, 4.69) is 18.8 Å². The van der Waals surface area contributed by atoms with Gasteiger partial charge < -0.3 is 5.32 Å². The minimum atomic E-state index is 0.391. The lowest BCUT2D eigenvalue weighted by atomic mass is 10.2. The van der Waals surface area contributed by atoms with Crippen LogP contribution in [-0.2, 0) is 0 Å². The van der Waals surface area contributed by atoms with Crippen LogP contribution in [0.15, 0.2) is 12.7 Å². The number of nitrogens with one attached hydrogen (secondary N) is 1. The van der Waals surface area contributed by atoms with E-state index < -0.39 is 0 Å². The zero-order chi connectivity index (χ0) is 6.20. The topological polar surface area (TPSA) is 12.0 Å². The first-order valence-electron chi connectivity index (χ1n) is 3.04. The summed E-state index contributed by atoms with van der Waals surface area (Å²) >= 11 is 0. The summed E-state index contributed by atoms with van der Waals surface area (Å²) < 4.78 is 0. The fraction of sp³-hybridized carbons (Fsp3) is 0.714. The largest absolute Gasteiger partial charge is 0.314 e. The van der Waals surface area contributed by atoms with Crippen LogP contribution in [-0.4, -0.2) is 12.6 Å². The molecule has 1 rings (SSSR count). The van der Waals surface area contributed by atoms with Gasteiger partial charge in [0, 0.05) is 5.54 Å². The molecule has 1 saturated carbocycles. The van der Waals surface area contributed by atoms with Crippen molar-refractivity contribution in [2.75, 3.05) is 7.05 Å². The second kappa shape index (κ2) is 1.59. The van der Waals surface area contributed by atoms with Gasteiger partial charge in [0.15, 0.2) is 0 Å². The lowest BCUT2D eigenvalue weighted by Crippen LogP contribution is -2.24. The van der Waals surface area contributed by atoms with Gasteiger partial charge >= 0.3 is 0 Å². The van der Waals surface area contributed by atoms with Gasteiger partial charge in [0.1, 0.15) is 0 Å². The highest BCUT2D eigenvalue weighted by molar-refractivity contribution is 5.13. The maximum atomic E-state index is 3.73. The Hall–Kier alpha value is -0.300. The van der Waals surface area contributed by atoms with Crippen LogP contribution >= 0.6 is 0 Å². The third-order valence-corrected chi connectivity index (χ3v) is 2.16. The second-order valence-electron chi connectivity index (χ2n) is 2.71. The molecular formula is C7H13N. The van der Waals surface area contributed by atoms with Crippen molar-refractivity contribution in [3.05, 3.63) is 12.7 Å². The van der Waals surface area contributed by atoms with Crippen LogP contribution in [0, 0.1) is 5.92 Å². The van der Waals surface area contributed by atoms with Crippen molar-refractivity contribution in [2.45, 2.75) is 18.9 Å². The average molecular weight is 111 g/mol. The van der Waals surface area contributed by atoms with E-state index >= 15 is 0 Å². The van der Waals surface area contributed by atoms with E-state index in [1.165, 1.54) is 6.42 Å². The molecule has 0 aromatic carbocycles. The normalized spacial score (nSPS) is 44.0. The molecule has 0 amide bonds. The predicted molar refractivity (Wildman–Crippen MR) is 35.8 cm³/mol. The van der Waals surface area contributed by atoms with Gasteiger partial charge in [0.25, 0.3) is 0 Å². The maximum Gasteiger partial charge on any atom is 0.0219 e. The van der Waals surface area contributed by atoms with Gasteiger partial charge in [-0.15, -0.1) is 6.58 Å². The standard InChI is InChI=1S/C7H13N/c1-4-6-5-7(6,2)8-3/h4,6,8H,1,5H2,2-3H3. The maximum absolute atomic E-state index is 3.73. The second-order valence-corrected chi connectivity index (χ2v) is 2.71. The minimum Gasteiger partial charge on any atom is -0.314 e. The Morgan fingerprint density at radius 2 is 2.50 bits per heavy atom. The Kier molecular flexibility index (Phi) is 1.16. The smallest absolute Gasteiger partial charge is 0.0219 e. The first-order chi connectivity index (χ1) is 3.73. The molecule has 46 valence electrons. The Morgan fingerprint density at radius 3 is 2.62 bits per heavy atom. The third-order valence-electron chi connectivity index (χ3n) is 2.16. The van der Waals surface area contributed by atoms with Gasteiger partial charge in [0.05, 0.1) is 0 Å². The molecule has 0 radical (unpaired) electrons. The molecular weight excluding hydrogens is 98.1 g/mol. The monoisotopic (exact) mass is 111 g/mol. The van der Waals surface area contributed by atoms with Crippen LogP contribution in [0.1, 0.15) is 13.3 Å². The molecule has 8 heavy (non-hydrogen) atoms. The Bertz CT molecular complexity index is 109. The SMILES string of the molecule is C=CC1CC1(C)NC. The molecule has 0 heterocycles. The van der Waals surface area contributed by atoms with E-state index in [4.69, 9.17) is 0 Å². The van der Waals surface area contributed by atoms with Gasteiger partial charge in [-0.2, -0.15) is 0 Å². The van der Waals surface area contributed by atoms with Crippen molar-refractivity contribution in [3.8, 4) is 0 Å². The summed E-state index contributed by atoms with van der Waals surface area (Å²) in [6, 6.07) is 0. The fourth-order valence-corrected chi connectivity index (χ4v) is 1.03. The van der Waals surface area contributed by atoms with E-state index in [1.807, 2.05) is 13.1 Å². The molecule has 1 fully saturated rings. The molecule has 2 unspecified atom stereocenters. The fourth-order valence-electron chi connectivity index (χ4n) is 1.03. The predicted octanol–water partition coefficient (Wildman–Crippen LogP) is 1.17. The molecule has 1 aliphatic rings. The van der Waals surface area contributed by atoms with Gasteiger partial charge in [-0.25, -0.2) is 0 Å². The first kappa shape index (κ1) is 5.83. The van der Waals surface area contributed by atoms with E-state index in [0.29, 0.717) is 11.5 Å². The molecule has 1 nitrogen and oxygen atoms in total. The van der Waals surface area contributed by atoms with Crippen LogP contribution < -0.4 is 5.32 Å². The molecule has 0 saturated heterocycles. The Labute approximate surface area is 50.8 Å². The molecule has 2 atom stereocenters. The minimum absolute atomic E-state index is 0.391. The lowest BCUT2D eigenvalue weighted by molar-refractivity contribution is 0.578. The summed E-state index contributed by atoms with van der Waals surface area (Å²) in [7, 11) is 2.00. The number of hydrogen-bond acceptors (Lipinski definition) is 1. The van der Waals surface area contributed by atoms with Crippen molar-refractivity contribution in [2.24, 2.45) is 5.92 Å². The van der Waals surface area contributed by atoms with Gasteiger partial charge in [-0.1, -0.05) is 6.08 Å². The zero-order valence-corrected chi connectivity index (χ0v) is 5.57. The summed E-state index contributed by atoms with van der Waals surface area (Å²) in [5.74, 6) is 0.715. The lowest BCUT2D eigenvalue weighted by Gasteiger charge is -2.04. The highest BCUT2D eigenvalue weighted by Gasteiger charge is 2.46. The quantitative estimate of drug-likeness (QED) is 0.527. The van der Waals surface area contributed by atoms with Crippen molar-refractivity contribution < 1.29 is 0 Å². The molecule has 0 bridgehead atoms. The summed E-state index contributed by atoms with van der Waals surface area (Å²) in [5, 5.41) is 3.25. The Morgan fingerprint density at radius 1 is 1.88 bits per heavy atom. The molecule has 0 spiro atoms. The first-order valence-corrected chi connectivity index (χ1v) is 3.04. The van der Waals surface area contributed by atoms with Gasteiger partial charge in [-0.05, 0) is 26.3 Å². The molecule has 0 aliphatic heterocycles. The van der Waals surface area contributed by atoms with Crippen LogP contribution in [0.5, 0.6) is 0 Å². The van der Waals surface area contributed by atoms with Crippen LogP contribution in [0.25, 0.3) is 0 Å². The average Bonchev–Trinajstić information content (AvgIpc) is 2.44. The van der Waals surface area contributed by atoms with Crippen molar-refractivity contribution in [3.63, 3.8) is 0 Å². The van der Waals surface area contributed by atoms with Crippen LogP contribution in [0.4, 0.5) is 0 Å². The summed E-state index contributed by atoms with van der Waals surface area (Å²) in [6.45, 7) is 5.95. The van der Waals surface area contributed by atoms with Crippen LogP contribution in [0.2, 0.25) is 0 Å². The van der Waals surface area contributed by atoms with E-state index in [-0.39, 0.29) is 0 Å². The molecule has 1 heteroatoms. The molecule has 1 aliphatic carbocycles.